The molecule has 9 heteroatoms. The van der Waals surface area contributed by atoms with Gasteiger partial charge in [0.25, 0.3) is 5.91 Å². The highest BCUT2D eigenvalue weighted by Crippen LogP contribution is 2.43. The molecule has 4 heterocycles. The Morgan fingerprint density at radius 1 is 1.09 bits per heavy atom. The highest BCUT2D eigenvalue weighted by Gasteiger charge is 2.49. The third kappa shape index (κ3) is 3.88. The van der Waals surface area contributed by atoms with Gasteiger partial charge in [0.15, 0.2) is 0 Å². The summed E-state index contributed by atoms with van der Waals surface area (Å²) >= 11 is 12.7. The van der Waals surface area contributed by atoms with Crippen LogP contribution in [0.25, 0.3) is 0 Å². The first kappa shape index (κ1) is 22.6. The molecular weight excluding hydrogens is 480 g/mol. The summed E-state index contributed by atoms with van der Waals surface area (Å²) in [6.45, 7) is 6.59. The molecule has 4 fully saturated rings. The van der Waals surface area contributed by atoms with Crippen LogP contribution in [-0.2, 0) is 9.47 Å². The summed E-state index contributed by atoms with van der Waals surface area (Å²) in [5.74, 6) is -0.471. The number of benzene rings is 2. The Bertz CT molecular complexity index is 1120. The van der Waals surface area contributed by atoms with E-state index in [9.17, 15) is 9.18 Å². The zero-order valence-corrected chi connectivity index (χ0v) is 20.2. The van der Waals surface area contributed by atoms with E-state index in [1.807, 2.05) is 23.1 Å². The van der Waals surface area contributed by atoms with Crippen molar-refractivity contribution >= 4 is 34.8 Å². The lowest BCUT2D eigenvalue weighted by Crippen LogP contribution is -2.66. The molecule has 2 aromatic carbocycles. The number of hydrogen-bond donors (Lipinski definition) is 0. The molecular formula is C25H26Cl2FN3O3. The molecule has 0 aliphatic carbocycles. The van der Waals surface area contributed by atoms with Crippen LogP contribution in [0.4, 0.5) is 10.1 Å². The summed E-state index contributed by atoms with van der Waals surface area (Å²) in [5, 5.41) is 0.630. The molecule has 180 valence electrons. The van der Waals surface area contributed by atoms with E-state index in [1.165, 1.54) is 6.07 Å². The monoisotopic (exact) mass is 505 g/mol. The fraction of sp³-hybridized carbons (Fsp3) is 0.480. The third-order valence-electron chi connectivity index (χ3n) is 7.52. The Labute approximate surface area is 208 Å². The van der Waals surface area contributed by atoms with Gasteiger partial charge in [0.05, 0.1) is 58.7 Å². The molecule has 0 saturated carbocycles. The Balaban J connectivity index is 1.11. The molecule has 4 saturated heterocycles. The van der Waals surface area contributed by atoms with E-state index >= 15 is 0 Å². The third-order valence-corrected chi connectivity index (χ3v) is 8.20. The van der Waals surface area contributed by atoms with Crippen LogP contribution in [0.1, 0.15) is 22.0 Å². The Morgan fingerprint density at radius 3 is 2.65 bits per heavy atom. The molecule has 0 N–H and O–H groups in total. The van der Waals surface area contributed by atoms with E-state index in [2.05, 4.69) is 9.80 Å². The second-order valence-corrected chi connectivity index (χ2v) is 10.7. The average Bonchev–Trinajstić information content (AvgIpc) is 2.79. The van der Waals surface area contributed by atoms with Gasteiger partial charge in [-0.1, -0.05) is 35.3 Å². The lowest BCUT2D eigenvalue weighted by molar-refractivity contribution is -0.127. The van der Waals surface area contributed by atoms with Crippen LogP contribution in [0.5, 0.6) is 0 Å². The molecule has 0 radical (unpaired) electrons. The van der Waals surface area contributed by atoms with Crippen LogP contribution in [0.15, 0.2) is 36.4 Å². The van der Waals surface area contributed by atoms with Crippen LogP contribution in [-0.4, -0.2) is 80.8 Å². The van der Waals surface area contributed by atoms with Gasteiger partial charge in [0.2, 0.25) is 0 Å². The highest BCUT2D eigenvalue weighted by molar-refractivity contribution is 6.36. The van der Waals surface area contributed by atoms with Crippen LogP contribution in [0, 0.1) is 11.2 Å². The van der Waals surface area contributed by atoms with E-state index in [4.69, 9.17) is 32.7 Å². The Morgan fingerprint density at radius 2 is 1.91 bits per heavy atom. The normalized spacial score (nSPS) is 26.1. The summed E-state index contributed by atoms with van der Waals surface area (Å²) in [6.07, 6.45) is -0.163. The molecule has 2 aromatic rings. The van der Waals surface area contributed by atoms with Gasteiger partial charge < -0.3 is 19.3 Å². The van der Waals surface area contributed by atoms with Crippen molar-refractivity contribution in [3.8, 4) is 0 Å². The average molecular weight is 506 g/mol. The van der Waals surface area contributed by atoms with Gasteiger partial charge in [-0.2, -0.15) is 0 Å². The predicted molar refractivity (Wildman–Crippen MR) is 128 cm³/mol. The zero-order valence-electron chi connectivity index (χ0n) is 18.7. The predicted octanol–water partition coefficient (Wildman–Crippen LogP) is 3.87. The number of rotatable bonds is 3. The van der Waals surface area contributed by atoms with Crippen molar-refractivity contribution in [1.29, 1.82) is 0 Å². The first-order valence-corrected chi connectivity index (χ1v) is 12.4. The molecule has 0 bridgehead atoms. The summed E-state index contributed by atoms with van der Waals surface area (Å²) in [6, 6.07) is 10.6. The lowest BCUT2D eigenvalue weighted by atomic mass is 9.77. The van der Waals surface area contributed by atoms with Gasteiger partial charge in [-0.3, -0.25) is 9.69 Å². The maximum Gasteiger partial charge on any atom is 0.255 e. The molecule has 2 atom stereocenters. The topological polar surface area (TPSA) is 45.2 Å². The number of hydrogen-bond acceptors (Lipinski definition) is 5. The van der Waals surface area contributed by atoms with Crippen LogP contribution in [0.2, 0.25) is 10.0 Å². The number of carbonyl (C=O) groups is 1. The van der Waals surface area contributed by atoms with E-state index in [-0.39, 0.29) is 28.5 Å². The SMILES string of the molecule is O=C(c1cccc(N2CC3(COC3)C2)c1Cl)N1CCN2C[C@@H](c3ccc(F)c(Cl)c3)OC[C@@H]2C1. The second-order valence-electron chi connectivity index (χ2n) is 9.88. The quantitative estimate of drug-likeness (QED) is 0.633. The standard InChI is InChI=1S/C25H26Cl2FN3O3/c26-19-8-16(4-5-20(19)28)22-10-29-6-7-30(9-17(29)11-34-22)24(32)18-2-1-3-21(23(18)27)31-12-25(13-31)14-33-15-25/h1-5,8,17,22H,6-7,9-15H2/t17-,22-/m0/s1. The molecule has 4 aliphatic heterocycles. The number of nitrogens with zero attached hydrogens (tertiary/aromatic N) is 3. The number of carbonyl (C=O) groups excluding carboxylic acids is 1. The van der Waals surface area contributed by atoms with Crippen molar-refractivity contribution in [2.45, 2.75) is 12.1 Å². The van der Waals surface area contributed by atoms with Gasteiger partial charge >= 0.3 is 0 Å². The molecule has 1 amide bonds. The molecule has 34 heavy (non-hydrogen) atoms. The van der Waals surface area contributed by atoms with Crippen molar-refractivity contribution in [3.63, 3.8) is 0 Å². The maximum absolute atomic E-state index is 13.5. The summed E-state index contributed by atoms with van der Waals surface area (Å²) < 4.78 is 25.0. The summed E-state index contributed by atoms with van der Waals surface area (Å²) in [4.78, 5) is 19.9. The molecule has 6 nitrogen and oxygen atoms in total. The number of ether oxygens (including phenoxy) is 2. The van der Waals surface area contributed by atoms with Crippen molar-refractivity contribution < 1.29 is 18.7 Å². The minimum atomic E-state index is -0.431. The molecule has 4 aliphatic rings. The minimum Gasteiger partial charge on any atom is -0.380 e. The Kier molecular flexibility index (Phi) is 5.73. The van der Waals surface area contributed by atoms with Gasteiger partial charge in [-0.25, -0.2) is 4.39 Å². The van der Waals surface area contributed by atoms with E-state index < -0.39 is 5.82 Å². The number of amides is 1. The first-order chi connectivity index (χ1) is 16.4. The van der Waals surface area contributed by atoms with Gasteiger partial charge in [-0.05, 0) is 29.8 Å². The van der Waals surface area contributed by atoms with Crippen LogP contribution >= 0.6 is 23.2 Å². The second kappa shape index (κ2) is 8.64. The fourth-order valence-electron chi connectivity index (χ4n) is 5.49. The number of morpholine rings is 1. The number of halogens is 3. The van der Waals surface area contributed by atoms with Crippen molar-refractivity contribution in [2.75, 3.05) is 64.0 Å². The molecule has 0 aromatic heterocycles. The van der Waals surface area contributed by atoms with Crippen molar-refractivity contribution in [2.24, 2.45) is 5.41 Å². The van der Waals surface area contributed by atoms with E-state index in [0.29, 0.717) is 36.8 Å². The molecule has 6 rings (SSSR count). The lowest BCUT2D eigenvalue weighted by Gasteiger charge is -2.56. The maximum atomic E-state index is 13.5. The molecule has 1 spiro atoms. The Hall–Kier alpha value is -1.90. The number of anilines is 1. The van der Waals surface area contributed by atoms with Crippen LogP contribution < -0.4 is 4.90 Å². The summed E-state index contributed by atoms with van der Waals surface area (Å²) in [5.41, 5.74) is 2.62. The minimum absolute atomic E-state index is 0.0406. The van der Waals surface area contributed by atoms with Crippen molar-refractivity contribution in [1.82, 2.24) is 9.80 Å². The zero-order chi connectivity index (χ0) is 23.4. The molecule has 0 unspecified atom stereocenters. The van der Waals surface area contributed by atoms with Gasteiger partial charge in [0.1, 0.15) is 5.82 Å². The fourth-order valence-corrected chi connectivity index (χ4v) is 6.00. The smallest absolute Gasteiger partial charge is 0.255 e. The first-order valence-electron chi connectivity index (χ1n) is 11.6. The van der Waals surface area contributed by atoms with Gasteiger partial charge in [0, 0.05) is 39.3 Å². The summed E-state index contributed by atoms with van der Waals surface area (Å²) in [7, 11) is 0. The van der Waals surface area contributed by atoms with E-state index in [0.717, 1.165) is 44.1 Å². The number of fused-ring (bicyclic) bond motifs is 1. The number of piperazine rings is 1. The van der Waals surface area contributed by atoms with Crippen LogP contribution in [0.3, 0.4) is 0 Å². The van der Waals surface area contributed by atoms with E-state index in [1.54, 1.807) is 12.1 Å². The van der Waals surface area contributed by atoms with Gasteiger partial charge in [-0.15, -0.1) is 0 Å². The largest absolute Gasteiger partial charge is 0.380 e. The van der Waals surface area contributed by atoms with Crippen molar-refractivity contribution in [3.05, 3.63) is 63.4 Å². The highest BCUT2D eigenvalue weighted by atomic mass is 35.5.